The van der Waals surface area contributed by atoms with Gasteiger partial charge in [-0.25, -0.2) is 0 Å². The van der Waals surface area contributed by atoms with E-state index in [9.17, 15) is 5.11 Å². The molecule has 0 aliphatic heterocycles. The molecule has 1 fully saturated rings. The van der Waals surface area contributed by atoms with E-state index in [1.165, 1.54) is 16.6 Å². The van der Waals surface area contributed by atoms with Gasteiger partial charge < -0.3 is 14.8 Å². The average molecular weight is 259 g/mol. The number of aliphatic hydroxyl groups is 1. The van der Waals surface area contributed by atoms with Gasteiger partial charge in [0.25, 0.3) is 0 Å². The second-order valence-electron chi connectivity index (χ2n) is 5.60. The number of rotatable bonds is 3. The predicted molar refractivity (Wildman–Crippen MR) is 76.6 cm³/mol. The molecule has 1 heterocycles. The smallest absolute Gasteiger partial charge is 0.119 e. The first-order valence-electron chi connectivity index (χ1n) is 7.02. The zero-order valence-corrected chi connectivity index (χ0v) is 11.6. The topological polar surface area (TPSA) is 45.2 Å². The Hall–Kier alpha value is -1.48. The van der Waals surface area contributed by atoms with Crippen molar-refractivity contribution in [2.24, 2.45) is 5.92 Å². The molecule has 2 atom stereocenters. The van der Waals surface area contributed by atoms with Crippen LogP contribution in [0.4, 0.5) is 0 Å². The number of aromatic nitrogens is 1. The lowest BCUT2D eigenvalue weighted by molar-refractivity contribution is 0.133. The van der Waals surface area contributed by atoms with Crippen LogP contribution in [0.15, 0.2) is 18.2 Å². The fraction of sp³-hybridized carbons (Fsp3) is 0.500. The lowest BCUT2D eigenvalue weighted by Crippen LogP contribution is -2.15. The minimum absolute atomic E-state index is 0.130. The number of nitrogens with one attached hydrogen (secondary N) is 1. The largest absolute Gasteiger partial charge is 0.497 e. The third-order valence-electron chi connectivity index (χ3n) is 4.41. The van der Waals surface area contributed by atoms with Crippen LogP contribution in [-0.4, -0.2) is 23.3 Å². The van der Waals surface area contributed by atoms with Crippen molar-refractivity contribution in [3.05, 3.63) is 29.5 Å². The van der Waals surface area contributed by atoms with Crippen LogP contribution in [0.1, 0.15) is 30.5 Å². The van der Waals surface area contributed by atoms with Crippen LogP contribution in [-0.2, 0) is 6.42 Å². The minimum atomic E-state index is -0.130. The maximum atomic E-state index is 10.0. The van der Waals surface area contributed by atoms with E-state index in [-0.39, 0.29) is 6.10 Å². The van der Waals surface area contributed by atoms with Crippen molar-refractivity contribution in [3.63, 3.8) is 0 Å². The monoisotopic (exact) mass is 259 g/mol. The van der Waals surface area contributed by atoms with Gasteiger partial charge in [-0.3, -0.25) is 0 Å². The summed E-state index contributed by atoms with van der Waals surface area (Å²) in [4.78, 5) is 3.43. The number of ether oxygens (including phenoxy) is 1. The maximum absolute atomic E-state index is 10.0. The fourth-order valence-corrected chi connectivity index (χ4v) is 3.27. The highest BCUT2D eigenvalue weighted by molar-refractivity contribution is 5.86. The van der Waals surface area contributed by atoms with Gasteiger partial charge in [-0.05, 0) is 55.9 Å². The van der Waals surface area contributed by atoms with Crippen LogP contribution in [0.3, 0.4) is 0 Å². The molecule has 2 unspecified atom stereocenters. The Balaban J connectivity index is 1.99. The number of aromatic amines is 1. The second-order valence-corrected chi connectivity index (χ2v) is 5.60. The summed E-state index contributed by atoms with van der Waals surface area (Å²) in [7, 11) is 1.70. The number of hydrogen-bond acceptors (Lipinski definition) is 2. The molecule has 0 amide bonds. The van der Waals surface area contributed by atoms with E-state index in [1.807, 2.05) is 6.07 Å². The van der Waals surface area contributed by atoms with Crippen LogP contribution in [0.25, 0.3) is 10.9 Å². The van der Waals surface area contributed by atoms with Crippen LogP contribution in [0, 0.1) is 12.8 Å². The molecule has 0 saturated heterocycles. The molecule has 2 N–H and O–H groups in total. The number of benzene rings is 1. The summed E-state index contributed by atoms with van der Waals surface area (Å²) in [5.74, 6) is 1.30. The Bertz CT molecular complexity index is 588. The van der Waals surface area contributed by atoms with E-state index in [1.54, 1.807) is 7.11 Å². The van der Waals surface area contributed by atoms with Gasteiger partial charge in [0.05, 0.1) is 13.2 Å². The molecular weight excluding hydrogens is 238 g/mol. The van der Waals surface area contributed by atoms with Crippen molar-refractivity contribution < 1.29 is 9.84 Å². The Morgan fingerprint density at radius 3 is 2.89 bits per heavy atom. The molecule has 0 spiro atoms. The van der Waals surface area contributed by atoms with Gasteiger partial charge in [-0.15, -0.1) is 0 Å². The normalized spacial score (nSPS) is 23.1. The molecule has 19 heavy (non-hydrogen) atoms. The number of H-pyrrole nitrogens is 1. The molecule has 1 saturated carbocycles. The molecule has 2 aromatic rings. The van der Waals surface area contributed by atoms with Gasteiger partial charge in [0.2, 0.25) is 0 Å². The van der Waals surface area contributed by atoms with Gasteiger partial charge in [0.15, 0.2) is 0 Å². The maximum Gasteiger partial charge on any atom is 0.119 e. The molecule has 0 radical (unpaired) electrons. The third-order valence-corrected chi connectivity index (χ3v) is 4.41. The van der Waals surface area contributed by atoms with E-state index in [0.717, 1.165) is 36.9 Å². The van der Waals surface area contributed by atoms with Crippen LogP contribution in [0.2, 0.25) is 0 Å². The molecule has 0 bridgehead atoms. The van der Waals surface area contributed by atoms with Crippen molar-refractivity contribution in [3.8, 4) is 5.75 Å². The molecule has 3 rings (SSSR count). The van der Waals surface area contributed by atoms with Gasteiger partial charge >= 0.3 is 0 Å². The lowest BCUT2D eigenvalue weighted by Gasteiger charge is -2.14. The SMILES string of the molecule is COc1ccc2[nH]c(C)c(CC3CCCC3O)c2c1. The van der Waals surface area contributed by atoms with E-state index in [0.29, 0.717) is 5.92 Å². The van der Waals surface area contributed by atoms with Gasteiger partial charge in [-0.2, -0.15) is 0 Å². The van der Waals surface area contributed by atoms with E-state index >= 15 is 0 Å². The zero-order valence-electron chi connectivity index (χ0n) is 11.6. The van der Waals surface area contributed by atoms with Crippen LogP contribution >= 0.6 is 0 Å². The molecule has 102 valence electrons. The van der Waals surface area contributed by atoms with Crippen LogP contribution in [0.5, 0.6) is 5.75 Å². The highest BCUT2D eigenvalue weighted by atomic mass is 16.5. The summed E-state index contributed by atoms with van der Waals surface area (Å²) < 4.78 is 5.31. The Morgan fingerprint density at radius 2 is 2.21 bits per heavy atom. The van der Waals surface area contributed by atoms with Crippen LogP contribution < -0.4 is 4.74 Å². The summed E-state index contributed by atoms with van der Waals surface area (Å²) in [6.45, 7) is 2.11. The van der Waals surface area contributed by atoms with E-state index < -0.39 is 0 Å². The van der Waals surface area contributed by atoms with Crippen molar-refractivity contribution >= 4 is 10.9 Å². The molecule has 3 heteroatoms. The third kappa shape index (κ3) is 2.23. The summed E-state index contributed by atoms with van der Waals surface area (Å²) in [5, 5.41) is 11.2. The minimum Gasteiger partial charge on any atom is -0.497 e. The zero-order chi connectivity index (χ0) is 13.4. The molecular formula is C16H21NO2. The lowest BCUT2D eigenvalue weighted by atomic mass is 9.94. The highest BCUT2D eigenvalue weighted by Gasteiger charge is 2.26. The van der Waals surface area contributed by atoms with Gasteiger partial charge in [0.1, 0.15) is 5.75 Å². The summed E-state index contributed by atoms with van der Waals surface area (Å²) in [5.41, 5.74) is 3.70. The highest BCUT2D eigenvalue weighted by Crippen LogP contribution is 2.33. The summed E-state index contributed by atoms with van der Waals surface area (Å²) in [6, 6.07) is 6.14. The first-order chi connectivity index (χ1) is 9.19. The Labute approximate surface area is 113 Å². The average Bonchev–Trinajstić information content (AvgIpc) is 2.94. The van der Waals surface area contributed by atoms with Crippen molar-refractivity contribution in [1.82, 2.24) is 4.98 Å². The van der Waals surface area contributed by atoms with Crippen molar-refractivity contribution in [2.45, 2.75) is 38.7 Å². The molecule has 1 aliphatic carbocycles. The van der Waals surface area contributed by atoms with Gasteiger partial charge in [0, 0.05) is 16.6 Å². The van der Waals surface area contributed by atoms with E-state index in [2.05, 4.69) is 24.0 Å². The number of aliphatic hydroxyl groups excluding tert-OH is 1. The summed E-state index contributed by atoms with van der Waals surface area (Å²) >= 11 is 0. The Morgan fingerprint density at radius 1 is 1.37 bits per heavy atom. The standard InChI is InChI=1S/C16H21NO2/c1-10-13(8-11-4-3-5-16(11)18)14-9-12(19-2)6-7-15(14)17-10/h6-7,9,11,16-18H,3-5,8H2,1-2H3. The number of fused-ring (bicyclic) bond motifs is 1. The first kappa shape index (κ1) is 12.5. The first-order valence-corrected chi connectivity index (χ1v) is 7.02. The Kier molecular flexibility index (Phi) is 3.23. The molecule has 3 nitrogen and oxygen atoms in total. The number of methoxy groups -OCH3 is 1. The van der Waals surface area contributed by atoms with Gasteiger partial charge in [-0.1, -0.05) is 6.42 Å². The quantitative estimate of drug-likeness (QED) is 0.889. The van der Waals surface area contributed by atoms with E-state index in [4.69, 9.17) is 4.74 Å². The molecule has 1 aromatic heterocycles. The number of hydrogen-bond donors (Lipinski definition) is 2. The second kappa shape index (κ2) is 4.89. The van der Waals surface area contributed by atoms with Crippen molar-refractivity contribution in [1.29, 1.82) is 0 Å². The predicted octanol–water partition coefficient (Wildman–Crippen LogP) is 3.19. The van der Waals surface area contributed by atoms with Crippen molar-refractivity contribution in [2.75, 3.05) is 7.11 Å². The molecule has 1 aromatic carbocycles. The molecule has 1 aliphatic rings. The number of aryl methyl sites for hydroxylation is 1. The summed E-state index contributed by atoms with van der Waals surface area (Å²) in [6.07, 6.45) is 4.07. The fourth-order valence-electron chi connectivity index (χ4n) is 3.27.